The number of benzene rings is 1. The van der Waals surface area contributed by atoms with Gasteiger partial charge in [-0.2, -0.15) is 0 Å². The van der Waals surface area contributed by atoms with Crippen molar-refractivity contribution < 1.29 is 4.74 Å². The molecule has 0 aliphatic carbocycles. The predicted molar refractivity (Wildman–Crippen MR) is 75.8 cm³/mol. The Morgan fingerprint density at radius 3 is 2.67 bits per heavy atom. The maximum atomic E-state index is 5.77. The molecule has 94 valence electrons. The number of nitrogens with two attached hydrogens (primary N) is 1. The summed E-state index contributed by atoms with van der Waals surface area (Å²) in [5, 5.41) is 0. The van der Waals surface area contributed by atoms with Gasteiger partial charge in [0.2, 0.25) is 5.88 Å². The number of ether oxygens (including phenoxy) is 1. The van der Waals surface area contributed by atoms with E-state index in [1.807, 2.05) is 44.2 Å². The fraction of sp³-hybridized carbons (Fsp3) is 0.214. The van der Waals surface area contributed by atoms with Crippen LogP contribution in [-0.2, 0) is 0 Å². The summed E-state index contributed by atoms with van der Waals surface area (Å²) < 4.78 is 6.72. The Morgan fingerprint density at radius 2 is 2.06 bits per heavy atom. The topological polar surface area (TPSA) is 48.1 Å². The van der Waals surface area contributed by atoms with Gasteiger partial charge in [0.15, 0.2) is 0 Å². The Hall–Kier alpha value is -1.39. The Labute approximate surface area is 115 Å². The summed E-state index contributed by atoms with van der Waals surface area (Å²) in [5.74, 6) is 1.37. The van der Waals surface area contributed by atoms with Gasteiger partial charge in [-0.15, -0.1) is 0 Å². The number of hydrogen-bond acceptors (Lipinski definition) is 3. The molecule has 2 N–H and O–H groups in total. The fourth-order valence-corrected chi connectivity index (χ4v) is 1.86. The largest absolute Gasteiger partial charge is 0.439 e. The summed E-state index contributed by atoms with van der Waals surface area (Å²) in [6, 6.07) is 9.65. The average molecular weight is 307 g/mol. The highest BCUT2D eigenvalue weighted by Gasteiger charge is 2.05. The van der Waals surface area contributed by atoms with Crippen LogP contribution in [0.25, 0.3) is 0 Å². The highest BCUT2D eigenvalue weighted by molar-refractivity contribution is 9.10. The van der Waals surface area contributed by atoms with Gasteiger partial charge in [0, 0.05) is 22.8 Å². The molecule has 1 heterocycles. The van der Waals surface area contributed by atoms with Gasteiger partial charge in [0.25, 0.3) is 0 Å². The minimum absolute atomic E-state index is 0.0147. The zero-order valence-electron chi connectivity index (χ0n) is 10.4. The molecular weight excluding hydrogens is 292 g/mol. The minimum Gasteiger partial charge on any atom is -0.439 e. The molecule has 2 rings (SSSR count). The smallest absolute Gasteiger partial charge is 0.219 e. The van der Waals surface area contributed by atoms with E-state index in [4.69, 9.17) is 10.5 Å². The van der Waals surface area contributed by atoms with Gasteiger partial charge in [-0.25, -0.2) is 4.98 Å². The highest BCUT2D eigenvalue weighted by atomic mass is 79.9. The van der Waals surface area contributed by atoms with Gasteiger partial charge in [-0.05, 0) is 37.1 Å². The van der Waals surface area contributed by atoms with Gasteiger partial charge >= 0.3 is 0 Å². The van der Waals surface area contributed by atoms with Crippen LogP contribution in [0.1, 0.15) is 24.1 Å². The number of hydrogen-bond donors (Lipinski definition) is 1. The molecule has 18 heavy (non-hydrogen) atoms. The minimum atomic E-state index is -0.0147. The van der Waals surface area contributed by atoms with Gasteiger partial charge in [0.05, 0.1) is 0 Å². The molecule has 0 aliphatic rings. The maximum absolute atomic E-state index is 5.77. The monoisotopic (exact) mass is 306 g/mol. The molecule has 1 aromatic heterocycles. The van der Waals surface area contributed by atoms with Crippen LogP contribution in [0.5, 0.6) is 11.6 Å². The molecule has 0 spiro atoms. The number of pyridine rings is 1. The van der Waals surface area contributed by atoms with Gasteiger partial charge < -0.3 is 10.5 Å². The summed E-state index contributed by atoms with van der Waals surface area (Å²) in [6.07, 6.45) is 1.74. The summed E-state index contributed by atoms with van der Waals surface area (Å²) in [6.45, 7) is 3.92. The normalized spacial score (nSPS) is 12.2. The molecule has 1 unspecified atom stereocenters. The van der Waals surface area contributed by atoms with E-state index < -0.39 is 0 Å². The van der Waals surface area contributed by atoms with Gasteiger partial charge in [-0.3, -0.25) is 0 Å². The fourth-order valence-electron chi connectivity index (χ4n) is 1.52. The lowest BCUT2D eigenvalue weighted by atomic mass is 10.2. The van der Waals surface area contributed by atoms with E-state index in [9.17, 15) is 0 Å². The van der Waals surface area contributed by atoms with Crippen LogP contribution >= 0.6 is 15.9 Å². The van der Waals surface area contributed by atoms with Crippen molar-refractivity contribution in [1.29, 1.82) is 0 Å². The van der Waals surface area contributed by atoms with Gasteiger partial charge in [-0.1, -0.05) is 28.1 Å². The summed E-state index contributed by atoms with van der Waals surface area (Å²) in [4.78, 5) is 4.25. The van der Waals surface area contributed by atoms with E-state index in [1.54, 1.807) is 6.20 Å². The molecule has 0 saturated heterocycles. The number of nitrogens with zero attached hydrogens (tertiary/aromatic N) is 1. The van der Waals surface area contributed by atoms with Crippen molar-refractivity contribution in [3.8, 4) is 11.6 Å². The van der Waals surface area contributed by atoms with Crippen molar-refractivity contribution in [2.45, 2.75) is 19.9 Å². The molecular formula is C14H15BrN2O. The van der Waals surface area contributed by atoms with Crippen molar-refractivity contribution in [2.24, 2.45) is 5.73 Å². The van der Waals surface area contributed by atoms with E-state index in [2.05, 4.69) is 20.9 Å². The Morgan fingerprint density at radius 1 is 1.28 bits per heavy atom. The summed E-state index contributed by atoms with van der Waals surface area (Å²) in [7, 11) is 0. The van der Waals surface area contributed by atoms with E-state index >= 15 is 0 Å². The van der Waals surface area contributed by atoms with Crippen LogP contribution in [0.15, 0.2) is 41.0 Å². The molecule has 1 atom stereocenters. The molecule has 3 nitrogen and oxygen atoms in total. The van der Waals surface area contributed by atoms with Crippen molar-refractivity contribution in [1.82, 2.24) is 4.98 Å². The Bertz CT molecular complexity index is 538. The van der Waals surface area contributed by atoms with Crippen molar-refractivity contribution in [3.05, 3.63) is 52.1 Å². The van der Waals surface area contributed by atoms with Crippen molar-refractivity contribution >= 4 is 15.9 Å². The molecule has 0 amide bonds. The first kappa shape index (κ1) is 13.1. The second-order valence-corrected chi connectivity index (χ2v) is 5.15. The highest BCUT2D eigenvalue weighted by Crippen LogP contribution is 2.27. The van der Waals surface area contributed by atoms with Gasteiger partial charge in [0.1, 0.15) is 5.75 Å². The lowest BCUT2D eigenvalue weighted by Gasteiger charge is -2.09. The average Bonchev–Trinajstić information content (AvgIpc) is 2.34. The number of halogens is 1. The summed E-state index contributed by atoms with van der Waals surface area (Å²) >= 11 is 3.42. The third-order valence-corrected chi connectivity index (χ3v) is 3.14. The zero-order chi connectivity index (χ0) is 13.1. The predicted octanol–water partition coefficient (Wildman–Crippen LogP) is 3.96. The number of rotatable bonds is 3. The van der Waals surface area contributed by atoms with Crippen LogP contribution in [0.4, 0.5) is 0 Å². The Balaban J connectivity index is 2.21. The maximum Gasteiger partial charge on any atom is 0.219 e. The quantitative estimate of drug-likeness (QED) is 0.933. The third-order valence-electron chi connectivity index (χ3n) is 2.65. The molecule has 0 aliphatic heterocycles. The first-order valence-electron chi connectivity index (χ1n) is 5.72. The van der Waals surface area contributed by atoms with Crippen LogP contribution in [0.3, 0.4) is 0 Å². The van der Waals surface area contributed by atoms with Crippen LogP contribution in [0.2, 0.25) is 0 Å². The molecule has 4 heteroatoms. The first-order chi connectivity index (χ1) is 8.56. The molecule has 0 radical (unpaired) electrons. The molecule has 0 saturated carbocycles. The second kappa shape index (κ2) is 5.50. The summed E-state index contributed by atoms with van der Waals surface area (Å²) in [5.41, 5.74) is 7.83. The lowest BCUT2D eigenvalue weighted by molar-refractivity contribution is 0.458. The number of aryl methyl sites for hydroxylation is 1. The second-order valence-electron chi connectivity index (χ2n) is 4.23. The van der Waals surface area contributed by atoms with Crippen molar-refractivity contribution in [3.63, 3.8) is 0 Å². The van der Waals surface area contributed by atoms with E-state index in [-0.39, 0.29) is 6.04 Å². The van der Waals surface area contributed by atoms with E-state index in [1.165, 1.54) is 0 Å². The molecule has 0 fully saturated rings. The van der Waals surface area contributed by atoms with Crippen LogP contribution in [0, 0.1) is 6.92 Å². The Kier molecular flexibility index (Phi) is 3.99. The molecule has 0 bridgehead atoms. The molecule has 1 aromatic carbocycles. The van der Waals surface area contributed by atoms with E-state index in [0.717, 1.165) is 21.3 Å². The standard InChI is InChI=1S/C14H15BrN2O/c1-9-3-5-12(15)7-13(9)18-14-6-4-11(8-17-14)10(2)16/h3-8,10H,16H2,1-2H3. The third kappa shape index (κ3) is 3.09. The zero-order valence-corrected chi connectivity index (χ0v) is 11.9. The van der Waals surface area contributed by atoms with E-state index in [0.29, 0.717) is 5.88 Å². The SMILES string of the molecule is Cc1ccc(Br)cc1Oc1ccc(C(C)N)cn1. The number of aromatic nitrogens is 1. The van der Waals surface area contributed by atoms with Crippen molar-refractivity contribution in [2.75, 3.05) is 0 Å². The first-order valence-corrected chi connectivity index (χ1v) is 6.51. The van der Waals surface area contributed by atoms with Crippen LogP contribution in [-0.4, -0.2) is 4.98 Å². The lowest BCUT2D eigenvalue weighted by Crippen LogP contribution is -2.05. The molecule has 2 aromatic rings. The van der Waals surface area contributed by atoms with Crippen LogP contribution < -0.4 is 10.5 Å².